The first-order chi connectivity index (χ1) is 9.99. The largest absolute Gasteiger partial charge is 0.328 e. The van der Waals surface area contributed by atoms with Crippen molar-refractivity contribution in [1.82, 2.24) is 18.6 Å². The summed E-state index contributed by atoms with van der Waals surface area (Å²) in [5.41, 5.74) is -1.02. The molecule has 0 spiro atoms. The molecule has 2 rings (SSSR count). The van der Waals surface area contributed by atoms with Crippen molar-refractivity contribution in [2.24, 2.45) is 0 Å². The fourth-order valence-corrected chi connectivity index (χ4v) is 3.56. The van der Waals surface area contributed by atoms with Gasteiger partial charge in [-0.05, 0) is 12.8 Å². The maximum absolute atomic E-state index is 12.1. The Morgan fingerprint density at radius 1 is 1.14 bits per heavy atom. The lowest BCUT2D eigenvalue weighted by atomic mass is 10.2. The fraction of sp³-hybridized carbons (Fsp3) is 0.667. The van der Waals surface area contributed by atoms with Crippen molar-refractivity contribution in [3.05, 3.63) is 33.1 Å². The number of hydrogen-bond acceptors (Lipinski definition) is 4. The van der Waals surface area contributed by atoms with Gasteiger partial charge in [-0.2, -0.15) is 12.7 Å². The Hall–Kier alpha value is -1.45. The van der Waals surface area contributed by atoms with Gasteiger partial charge in [-0.25, -0.2) is 9.52 Å². The fourth-order valence-electron chi connectivity index (χ4n) is 2.29. The number of H-pyrrole nitrogens is 1. The van der Waals surface area contributed by atoms with Crippen LogP contribution in [-0.4, -0.2) is 41.9 Å². The Morgan fingerprint density at radius 2 is 1.81 bits per heavy atom. The van der Waals surface area contributed by atoms with Crippen LogP contribution in [0.15, 0.2) is 21.9 Å². The third kappa shape index (κ3) is 4.51. The van der Waals surface area contributed by atoms with Crippen LogP contribution in [0.5, 0.6) is 0 Å². The van der Waals surface area contributed by atoms with Crippen molar-refractivity contribution in [1.29, 1.82) is 0 Å². The van der Waals surface area contributed by atoms with Crippen LogP contribution in [0.4, 0.5) is 0 Å². The van der Waals surface area contributed by atoms with Crippen molar-refractivity contribution in [3.63, 3.8) is 0 Å². The first-order valence-electron chi connectivity index (χ1n) is 7.03. The van der Waals surface area contributed by atoms with Gasteiger partial charge in [0.15, 0.2) is 0 Å². The molecule has 9 heteroatoms. The molecule has 1 aliphatic heterocycles. The smallest absolute Gasteiger partial charge is 0.299 e. The molecule has 8 nitrogen and oxygen atoms in total. The van der Waals surface area contributed by atoms with Crippen LogP contribution in [0.2, 0.25) is 0 Å². The zero-order chi connectivity index (χ0) is 15.3. The van der Waals surface area contributed by atoms with E-state index in [1.807, 2.05) is 0 Å². The average molecular weight is 316 g/mol. The molecule has 0 aromatic carbocycles. The Bertz CT molecular complexity index is 671. The Kier molecular flexibility index (Phi) is 5.32. The van der Waals surface area contributed by atoms with E-state index >= 15 is 0 Å². The molecular weight excluding hydrogens is 296 g/mol. The van der Waals surface area contributed by atoms with E-state index in [1.54, 1.807) is 0 Å². The lowest BCUT2D eigenvalue weighted by Crippen LogP contribution is -2.43. The van der Waals surface area contributed by atoms with Gasteiger partial charge in [0, 0.05) is 38.4 Å². The molecule has 0 unspecified atom stereocenters. The van der Waals surface area contributed by atoms with E-state index in [0.717, 1.165) is 25.7 Å². The first kappa shape index (κ1) is 15.9. The molecule has 2 N–H and O–H groups in total. The van der Waals surface area contributed by atoms with Crippen molar-refractivity contribution in [3.8, 4) is 0 Å². The van der Waals surface area contributed by atoms with Crippen LogP contribution in [0, 0.1) is 0 Å². The molecule has 0 radical (unpaired) electrons. The monoisotopic (exact) mass is 316 g/mol. The predicted octanol–water partition coefficient (Wildman–Crippen LogP) is -0.753. The molecule has 118 valence electrons. The summed E-state index contributed by atoms with van der Waals surface area (Å²) in [6.45, 7) is 1.34. The van der Waals surface area contributed by atoms with Crippen LogP contribution in [-0.2, 0) is 16.8 Å². The number of hydrogen-bond donors (Lipinski definition) is 2. The van der Waals surface area contributed by atoms with E-state index in [0.29, 0.717) is 13.1 Å². The van der Waals surface area contributed by atoms with Crippen molar-refractivity contribution in [2.75, 3.05) is 19.6 Å². The molecule has 0 saturated carbocycles. The maximum atomic E-state index is 12.1. The normalized spacial score (nSPS) is 17.5. The summed E-state index contributed by atoms with van der Waals surface area (Å²) in [6, 6.07) is 1.23. The second-order valence-electron chi connectivity index (χ2n) is 5.02. The van der Waals surface area contributed by atoms with Crippen LogP contribution in [0.1, 0.15) is 25.7 Å². The first-order valence-corrected chi connectivity index (χ1v) is 8.47. The Balaban J connectivity index is 1.92. The molecule has 0 bridgehead atoms. The van der Waals surface area contributed by atoms with Crippen LogP contribution in [0.3, 0.4) is 0 Å². The summed E-state index contributed by atoms with van der Waals surface area (Å²) in [5, 5.41) is 0. The van der Waals surface area contributed by atoms with Gasteiger partial charge in [0.25, 0.3) is 15.8 Å². The van der Waals surface area contributed by atoms with E-state index < -0.39 is 21.5 Å². The zero-order valence-electron chi connectivity index (χ0n) is 11.7. The number of nitrogens with zero attached hydrogens (tertiary/aromatic N) is 2. The van der Waals surface area contributed by atoms with Crippen molar-refractivity contribution in [2.45, 2.75) is 32.2 Å². The van der Waals surface area contributed by atoms with E-state index in [4.69, 9.17) is 0 Å². The van der Waals surface area contributed by atoms with E-state index in [9.17, 15) is 18.0 Å². The van der Waals surface area contributed by atoms with Gasteiger partial charge in [0.2, 0.25) is 0 Å². The molecule has 0 amide bonds. The van der Waals surface area contributed by atoms with Gasteiger partial charge < -0.3 is 0 Å². The minimum atomic E-state index is -3.50. The van der Waals surface area contributed by atoms with Crippen molar-refractivity contribution >= 4 is 10.2 Å². The predicted molar refractivity (Wildman–Crippen MR) is 78.3 cm³/mol. The Morgan fingerprint density at radius 3 is 2.43 bits per heavy atom. The molecule has 1 aromatic rings. The topological polar surface area (TPSA) is 104 Å². The van der Waals surface area contributed by atoms with E-state index in [-0.39, 0.29) is 13.1 Å². The molecule has 1 fully saturated rings. The van der Waals surface area contributed by atoms with Gasteiger partial charge in [-0.15, -0.1) is 0 Å². The number of rotatable bonds is 5. The molecule has 1 aliphatic rings. The third-order valence-corrected chi connectivity index (χ3v) is 5.05. The highest BCUT2D eigenvalue weighted by molar-refractivity contribution is 7.87. The molecule has 2 heterocycles. The van der Waals surface area contributed by atoms with E-state index in [2.05, 4.69) is 9.71 Å². The molecule has 1 aromatic heterocycles. The number of nitrogens with one attached hydrogen (secondary N) is 2. The average Bonchev–Trinajstić information content (AvgIpc) is 2.70. The summed E-state index contributed by atoms with van der Waals surface area (Å²) in [6.07, 6.45) is 5.21. The molecule has 21 heavy (non-hydrogen) atoms. The van der Waals surface area contributed by atoms with Gasteiger partial charge >= 0.3 is 5.69 Å². The SMILES string of the molecule is O=c1ccn(CCNS(=O)(=O)N2CCCCCC2)c(=O)[nH]1. The Labute approximate surface area is 123 Å². The highest BCUT2D eigenvalue weighted by Crippen LogP contribution is 2.12. The zero-order valence-corrected chi connectivity index (χ0v) is 12.6. The summed E-state index contributed by atoms with van der Waals surface area (Å²) in [5.74, 6) is 0. The number of aromatic amines is 1. The summed E-state index contributed by atoms with van der Waals surface area (Å²) >= 11 is 0. The minimum absolute atomic E-state index is 0.102. The maximum Gasteiger partial charge on any atom is 0.328 e. The van der Waals surface area contributed by atoms with E-state index in [1.165, 1.54) is 21.1 Å². The van der Waals surface area contributed by atoms with Crippen LogP contribution < -0.4 is 16.0 Å². The summed E-state index contributed by atoms with van der Waals surface area (Å²) in [4.78, 5) is 24.5. The second-order valence-corrected chi connectivity index (χ2v) is 6.77. The molecule has 0 aliphatic carbocycles. The van der Waals surface area contributed by atoms with Gasteiger partial charge in [0.05, 0.1) is 0 Å². The van der Waals surface area contributed by atoms with Gasteiger partial charge in [-0.1, -0.05) is 12.8 Å². The summed E-state index contributed by atoms with van der Waals surface area (Å²) < 4.78 is 29.5. The highest BCUT2D eigenvalue weighted by atomic mass is 32.2. The molecular formula is C12H20N4O4S. The lowest BCUT2D eigenvalue weighted by molar-refractivity contribution is 0.413. The standard InChI is InChI=1S/C12H20N4O4S/c17-11-5-9-15(12(18)14-11)10-6-13-21(19,20)16-7-3-1-2-4-8-16/h5,9,13H,1-4,6-8,10H2,(H,14,17,18). The van der Waals surface area contributed by atoms with Crippen molar-refractivity contribution < 1.29 is 8.42 Å². The van der Waals surface area contributed by atoms with Crippen LogP contribution in [0.25, 0.3) is 0 Å². The molecule has 1 saturated heterocycles. The lowest BCUT2D eigenvalue weighted by Gasteiger charge is -2.20. The number of aromatic nitrogens is 2. The highest BCUT2D eigenvalue weighted by Gasteiger charge is 2.22. The minimum Gasteiger partial charge on any atom is -0.299 e. The quantitative estimate of drug-likeness (QED) is 0.745. The summed E-state index contributed by atoms with van der Waals surface area (Å²) in [7, 11) is -3.50. The molecule has 0 atom stereocenters. The van der Waals surface area contributed by atoms with Gasteiger partial charge in [0.1, 0.15) is 0 Å². The second kappa shape index (κ2) is 7.01. The van der Waals surface area contributed by atoms with Gasteiger partial charge in [-0.3, -0.25) is 14.3 Å². The van der Waals surface area contributed by atoms with Crippen LogP contribution >= 0.6 is 0 Å². The third-order valence-electron chi connectivity index (χ3n) is 3.44.